The van der Waals surface area contributed by atoms with E-state index in [2.05, 4.69) is 9.89 Å². The Balaban J connectivity index is 2.57. The Labute approximate surface area is 101 Å². The van der Waals surface area contributed by atoms with Crippen molar-refractivity contribution in [3.8, 4) is 11.3 Å². The lowest BCUT2D eigenvalue weighted by atomic mass is 10.1. The second kappa shape index (κ2) is 4.56. The molecule has 0 radical (unpaired) electrons. The van der Waals surface area contributed by atoms with E-state index in [0.29, 0.717) is 0 Å². The van der Waals surface area contributed by atoms with Gasteiger partial charge in [0.05, 0.1) is 7.11 Å². The lowest BCUT2D eigenvalue weighted by Gasteiger charge is -2.01. The third-order valence-electron chi connectivity index (χ3n) is 2.45. The van der Waals surface area contributed by atoms with E-state index < -0.39 is 17.6 Å². The number of methoxy groups -OCH3 is 1. The summed E-state index contributed by atoms with van der Waals surface area (Å²) in [6, 6.07) is 3.21. The lowest BCUT2D eigenvalue weighted by Crippen LogP contribution is -2.03. The highest BCUT2D eigenvalue weighted by molar-refractivity contribution is 5.96. The number of hydrogen-bond donors (Lipinski definition) is 0. The van der Waals surface area contributed by atoms with E-state index in [4.69, 9.17) is 4.52 Å². The zero-order valence-corrected chi connectivity index (χ0v) is 9.66. The monoisotopic (exact) mass is 253 g/mol. The molecule has 0 bridgehead atoms. The van der Waals surface area contributed by atoms with Crippen LogP contribution >= 0.6 is 0 Å². The van der Waals surface area contributed by atoms with Crippen LogP contribution in [0.25, 0.3) is 11.3 Å². The van der Waals surface area contributed by atoms with Crippen LogP contribution in [0.15, 0.2) is 22.7 Å². The second-order valence-electron chi connectivity index (χ2n) is 3.58. The molecule has 0 atom stereocenters. The van der Waals surface area contributed by atoms with Gasteiger partial charge in [-0.25, -0.2) is 13.6 Å². The molecule has 94 valence electrons. The number of aryl methyl sites for hydroxylation is 1. The van der Waals surface area contributed by atoms with E-state index in [9.17, 15) is 13.6 Å². The minimum Gasteiger partial charge on any atom is -0.465 e. The molecule has 1 heterocycles. The van der Waals surface area contributed by atoms with Gasteiger partial charge in [0.25, 0.3) is 0 Å². The maximum Gasteiger partial charge on any atom is 0.343 e. The average Bonchev–Trinajstić information content (AvgIpc) is 2.74. The number of aromatic nitrogens is 1. The van der Waals surface area contributed by atoms with Crippen molar-refractivity contribution in [1.29, 1.82) is 0 Å². The summed E-state index contributed by atoms with van der Waals surface area (Å²) in [7, 11) is 1.21. The molecule has 0 saturated carbocycles. The van der Waals surface area contributed by atoms with E-state index in [1.54, 1.807) is 0 Å². The van der Waals surface area contributed by atoms with Crippen molar-refractivity contribution in [3.63, 3.8) is 0 Å². The van der Waals surface area contributed by atoms with Gasteiger partial charge < -0.3 is 9.26 Å². The maximum atomic E-state index is 13.1. The van der Waals surface area contributed by atoms with Crippen LogP contribution in [-0.4, -0.2) is 18.2 Å². The van der Waals surface area contributed by atoms with Gasteiger partial charge >= 0.3 is 5.97 Å². The maximum absolute atomic E-state index is 13.1. The number of ether oxygens (including phenoxy) is 1. The molecule has 2 aromatic rings. The first-order valence-electron chi connectivity index (χ1n) is 5.04. The van der Waals surface area contributed by atoms with Crippen molar-refractivity contribution in [2.45, 2.75) is 6.92 Å². The minimum atomic E-state index is -1.02. The smallest absolute Gasteiger partial charge is 0.343 e. The molecular weight excluding hydrogens is 244 g/mol. The van der Waals surface area contributed by atoms with Gasteiger partial charge in [-0.05, 0) is 25.1 Å². The lowest BCUT2D eigenvalue weighted by molar-refractivity contribution is 0.0599. The van der Waals surface area contributed by atoms with Crippen molar-refractivity contribution in [2.75, 3.05) is 7.11 Å². The molecule has 0 unspecified atom stereocenters. The molecule has 0 spiro atoms. The van der Waals surface area contributed by atoms with Crippen LogP contribution in [0.5, 0.6) is 0 Å². The van der Waals surface area contributed by atoms with Gasteiger partial charge in [0.2, 0.25) is 0 Å². The Kier molecular flexibility index (Phi) is 3.10. The number of esters is 1. The molecule has 2 rings (SSSR count). The molecule has 0 aliphatic rings. The first kappa shape index (κ1) is 12.2. The second-order valence-corrected chi connectivity index (χ2v) is 3.58. The van der Waals surface area contributed by atoms with Crippen molar-refractivity contribution >= 4 is 5.97 Å². The quantitative estimate of drug-likeness (QED) is 0.772. The normalized spacial score (nSPS) is 10.4. The number of rotatable bonds is 2. The van der Waals surface area contributed by atoms with Gasteiger partial charge in [0.15, 0.2) is 11.6 Å². The van der Waals surface area contributed by atoms with Crippen molar-refractivity contribution in [3.05, 3.63) is 41.2 Å². The Morgan fingerprint density at radius 2 is 2.06 bits per heavy atom. The third-order valence-corrected chi connectivity index (χ3v) is 2.45. The summed E-state index contributed by atoms with van der Waals surface area (Å²) in [5.41, 5.74) is 0.466. The summed E-state index contributed by atoms with van der Waals surface area (Å²) in [6.45, 7) is 1.53. The molecule has 0 aliphatic carbocycles. The van der Waals surface area contributed by atoms with Crippen LogP contribution in [-0.2, 0) is 4.74 Å². The SMILES string of the molecule is COC(=O)c1c(-c2ccc(F)c(F)c2)noc1C. The molecule has 4 nitrogen and oxygen atoms in total. The fourth-order valence-electron chi connectivity index (χ4n) is 1.56. The van der Waals surface area contributed by atoms with Gasteiger partial charge in [-0.2, -0.15) is 0 Å². The number of benzene rings is 1. The summed E-state index contributed by atoms with van der Waals surface area (Å²) in [6.07, 6.45) is 0. The van der Waals surface area contributed by atoms with Gasteiger partial charge in [-0.3, -0.25) is 0 Å². The summed E-state index contributed by atoms with van der Waals surface area (Å²) in [4.78, 5) is 11.6. The first-order chi connectivity index (χ1) is 8.54. The molecule has 1 aromatic heterocycles. The van der Waals surface area contributed by atoms with Gasteiger partial charge in [0, 0.05) is 5.56 Å². The molecule has 18 heavy (non-hydrogen) atoms. The Morgan fingerprint density at radius 3 is 2.67 bits per heavy atom. The molecule has 0 amide bonds. The van der Waals surface area contributed by atoms with E-state index >= 15 is 0 Å². The van der Waals surface area contributed by atoms with E-state index in [0.717, 1.165) is 12.1 Å². The summed E-state index contributed by atoms with van der Waals surface area (Å²) in [5, 5.41) is 3.66. The van der Waals surface area contributed by atoms with Crippen LogP contribution in [0.4, 0.5) is 8.78 Å². The van der Waals surface area contributed by atoms with E-state index in [-0.39, 0.29) is 22.6 Å². The standard InChI is InChI=1S/C12H9F2NO3/c1-6-10(12(16)17-2)11(15-18-6)7-3-4-8(13)9(14)5-7/h3-5H,1-2H3. The predicted molar refractivity (Wildman–Crippen MR) is 57.9 cm³/mol. The minimum absolute atomic E-state index is 0.100. The van der Waals surface area contributed by atoms with Crippen molar-refractivity contribution in [1.82, 2.24) is 5.16 Å². The molecule has 0 fully saturated rings. The highest BCUT2D eigenvalue weighted by Gasteiger charge is 2.22. The third kappa shape index (κ3) is 1.97. The van der Waals surface area contributed by atoms with Crippen molar-refractivity contribution < 1.29 is 22.8 Å². The summed E-state index contributed by atoms with van der Waals surface area (Å²) < 4.78 is 35.4. The number of carbonyl (C=O) groups excluding carboxylic acids is 1. The topological polar surface area (TPSA) is 52.3 Å². The number of nitrogens with zero attached hydrogens (tertiary/aromatic N) is 1. The molecule has 0 saturated heterocycles. The zero-order valence-electron chi connectivity index (χ0n) is 9.66. The van der Waals surface area contributed by atoms with Gasteiger partial charge in [-0.15, -0.1) is 0 Å². The van der Waals surface area contributed by atoms with Crippen molar-refractivity contribution in [2.24, 2.45) is 0 Å². The Bertz CT molecular complexity index is 607. The summed E-state index contributed by atoms with van der Waals surface area (Å²) in [5.74, 6) is -2.39. The van der Waals surface area contributed by atoms with Crippen LogP contribution in [0.2, 0.25) is 0 Å². The molecular formula is C12H9F2NO3. The van der Waals surface area contributed by atoms with Crippen LogP contribution in [0, 0.1) is 18.6 Å². The predicted octanol–water partition coefficient (Wildman–Crippen LogP) is 2.71. The fraction of sp³-hybridized carbons (Fsp3) is 0.167. The van der Waals surface area contributed by atoms with Crippen LogP contribution in [0.3, 0.4) is 0 Å². The average molecular weight is 253 g/mol. The Hall–Kier alpha value is -2.24. The first-order valence-corrected chi connectivity index (χ1v) is 5.04. The van der Waals surface area contributed by atoms with E-state index in [1.807, 2.05) is 0 Å². The fourth-order valence-corrected chi connectivity index (χ4v) is 1.56. The number of hydrogen-bond acceptors (Lipinski definition) is 4. The largest absolute Gasteiger partial charge is 0.465 e. The van der Waals surface area contributed by atoms with Gasteiger partial charge in [-0.1, -0.05) is 5.16 Å². The molecule has 6 heteroatoms. The van der Waals surface area contributed by atoms with E-state index in [1.165, 1.54) is 20.1 Å². The number of halogens is 2. The van der Waals surface area contributed by atoms with Crippen LogP contribution in [0.1, 0.15) is 16.1 Å². The molecule has 0 aliphatic heterocycles. The summed E-state index contributed by atoms with van der Waals surface area (Å²) >= 11 is 0. The number of carbonyl (C=O) groups is 1. The highest BCUT2D eigenvalue weighted by atomic mass is 19.2. The molecule has 1 aromatic carbocycles. The Morgan fingerprint density at radius 1 is 1.33 bits per heavy atom. The highest BCUT2D eigenvalue weighted by Crippen LogP contribution is 2.26. The van der Waals surface area contributed by atoms with Crippen LogP contribution < -0.4 is 0 Å². The molecule has 0 N–H and O–H groups in total. The van der Waals surface area contributed by atoms with Gasteiger partial charge in [0.1, 0.15) is 17.0 Å². The zero-order chi connectivity index (χ0) is 13.3.